The molecule has 1 heterocycles. The van der Waals surface area contributed by atoms with Gasteiger partial charge < -0.3 is 10.6 Å². The van der Waals surface area contributed by atoms with Crippen molar-refractivity contribution in [3.63, 3.8) is 0 Å². The summed E-state index contributed by atoms with van der Waals surface area (Å²) in [5.74, 6) is -0.639. The van der Waals surface area contributed by atoms with Crippen molar-refractivity contribution in [3.8, 4) is 0 Å². The van der Waals surface area contributed by atoms with Gasteiger partial charge in [0.2, 0.25) is 0 Å². The van der Waals surface area contributed by atoms with Crippen LogP contribution in [0.4, 0.5) is 21.5 Å². The van der Waals surface area contributed by atoms with Gasteiger partial charge in [0.25, 0.3) is 5.91 Å². The molecule has 0 spiro atoms. The minimum atomic E-state index is -0.348. The highest BCUT2D eigenvalue weighted by atomic mass is 19.1. The number of hydrogen-bond donors (Lipinski definition) is 2. The number of halogens is 1. The summed E-state index contributed by atoms with van der Waals surface area (Å²) in [6.45, 7) is 4.01. The molecule has 0 aliphatic carbocycles. The van der Waals surface area contributed by atoms with Gasteiger partial charge in [0.1, 0.15) is 11.5 Å². The first-order valence-electron chi connectivity index (χ1n) is 7.89. The van der Waals surface area contributed by atoms with Crippen LogP contribution in [0.3, 0.4) is 0 Å². The van der Waals surface area contributed by atoms with Gasteiger partial charge in [-0.1, -0.05) is 18.2 Å². The lowest BCUT2D eigenvalue weighted by molar-refractivity contribution is 0.102. The van der Waals surface area contributed by atoms with Crippen LogP contribution in [0.5, 0.6) is 0 Å². The zero-order valence-electron chi connectivity index (χ0n) is 14.0. The van der Waals surface area contributed by atoms with Crippen molar-refractivity contribution >= 4 is 23.0 Å². The average molecular weight is 335 g/mol. The number of hydrogen-bond acceptors (Lipinski definition) is 3. The third kappa shape index (κ3) is 4.01. The second kappa shape index (κ2) is 7.13. The SMILES string of the molecule is Cc1ccc(NC(=O)c2ccc(Nc3ccccc3F)cn2)cc1C. The van der Waals surface area contributed by atoms with E-state index in [1.165, 1.54) is 17.8 Å². The molecule has 0 bridgehead atoms. The predicted octanol–water partition coefficient (Wildman–Crippen LogP) is 4.83. The van der Waals surface area contributed by atoms with Gasteiger partial charge in [-0.25, -0.2) is 9.37 Å². The van der Waals surface area contributed by atoms with Crippen LogP contribution in [0.15, 0.2) is 60.8 Å². The number of carbonyl (C=O) groups excluding carboxylic acids is 1. The van der Waals surface area contributed by atoms with Gasteiger partial charge in [-0.3, -0.25) is 4.79 Å². The average Bonchev–Trinajstić information content (AvgIpc) is 2.61. The molecule has 1 aromatic heterocycles. The van der Waals surface area contributed by atoms with Crippen LogP contribution in [0.2, 0.25) is 0 Å². The van der Waals surface area contributed by atoms with Crippen molar-refractivity contribution in [1.82, 2.24) is 4.98 Å². The fraction of sp³-hybridized carbons (Fsp3) is 0.100. The Labute approximate surface area is 145 Å². The number of anilines is 3. The number of nitrogens with one attached hydrogen (secondary N) is 2. The predicted molar refractivity (Wildman–Crippen MR) is 97.8 cm³/mol. The molecule has 2 N–H and O–H groups in total. The van der Waals surface area contributed by atoms with Crippen molar-refractivity contribution < 1.29 is 9.18 Å². The lowest BCUT2D eigenvalue weighted by Gasteiger charge is -2.09. The van der Waals surface area contributed by atoms with Crippen LogP contribution >= 0.6 is 0 Å². The molecule has 0 aliphatic rings. The molecule has 126 valence electrons. The molecule has 0 atom stereocenters. The Morgan fingerprint density at radius 1 is 0.960 bits per heavy atom. The van der Waals surface area contributed by atoms with Gasteiger partial charge in [-0.05, 0) is 61.4 Å². The molecule has 0 fully saturated rings. The molecule has 5 heteroatoms. The zero-order chi connectivity index (χ0) is 17.8. The Balaban J connectivity index is 1.70. The summed E-state index contributed by atoms with van der Waals surface area (Å²) in [6, 6.07) is 15.4. The van der Waals surface area contributed by atoms with E-state index in [9.17, 15) is 9.18 Å². The second-order valence-electron chi connectivity index (χ2n) is 5.79. The number of benzene rings is 2. The van der Waals surface area contributed by atoms with Gasteiger partial charge in [0.15, 0.2) is 0 Å². The van der Waals surface area contributed by atoms with Crippen molar-refractivity contribution in [3.05, 3.63) is 83.4 Å². The quantitative estimate of drug-likeness (QED) is 0.718. The maximum atomic E-state index is 13.6. The highest BCUT2D eigenvalue weighted by Gasteiger charge is 2.09. The van der Waals surface area contributed by atoms with Crippen molar-refractivity contribution in [2.75, 3.05) is 10.6 Å². The molecule has 1 amide bonds. The second-order valence-corrected chi connectivity index (χ2v) is 5.79. The minimum absolute atomic E-state index is 0.289. The van der Waals surface area contributed by atoms with Crippen LogP contribution in [0.1, 0.15) is 21.6 Å². The molecule has 25 heavy (non-hydrogen) atoms. The number of amides is 1. The van der Waals surface area contributed by atoms with Gasteiger partial charge in [-0.15, -0.1) is 0 Å². The Kier molecular flexibility index (Phi) is 4.75. The van der Waals surface area contributed by atoms with Gasteiger partial charge in [0.05, 0.1) is 17.6 Å². The third-order valence-corrected chi connectivity index (χ3v) is 3.91. The van der Waals surface area contributed by atoms with Crippen LogP contribution < -0.4 is 10.6 Å². The fourth-order valence-electron chi connectivity index (χ4n) is 2.33. The summed E-state index contributed by atoms with van der Waals surface area (Å²) in [5, 5.41) is 5.76. The number of carbonyl (C=O) groups is 1. The Morgan fingerprint density at radius 3 is 2.40 bits per heavy atom. The molecule has 0 unspecified atom stereocenters. The Hall–Kier alpha value is -3.21. The van der Waals surface area contributed by atoms with Crippen LogP contribution in [0, 0.1) is 19.7 Å². The molecule has 0 saturated heterocycles. The monoisotopic (exact) mass is 335 g/mol. The Morgan fingerprint density at radius 2 is 1.72 bits per heavy atom. The lowest BCUT2D eigenvalue weighted by atomic mass is 10.1. The van der Waals surface area contributed by atoms with E-state index >= 15 is 0 Å². The van der Waals surface area contributed by atoms with E-state index in [-0.39, 0.29) is 17.4 Å². The summed E-state index contributed by atoms with van der Waals surface area (Å²) in [7, 11) is 0. The smallest absolute Gasteiger partial charge is 0.274 e. The topological polar surface area (TPSA) is 54.0 Å². The summed E-state index contributed by atoms with van der Waals surface area (Å²) in [5.41, 5.74) is 4.25. The van der Waals surface area contributed by atoms with Gasteiger partial charge >= 0.3 is 0 Å². The van der Waals surface area contributed by atoms with E-state index in [0.29, 0.717) is 11.4 Å². The number of pyridine rings is 1. The van der Waals surface area contributed by atoms with Gasteiger partial charge in [0, 0.05) is 5.69 Å². The summed E-state index contributed by atoms with van der Waals surface area (Å²) >= 11 is 0. The van der Waals surface area contributed by atoms with E-state index in [2.05, 4.69) is 15.6 Å². The van der Waals surface area contributed by atoms with Crippen LogP contribution in [0.25, 0.3) is 0 Å². The number of nitrogens with zero attached hydrogens (tertiary/aromatic N) is 1. The van der Waals surface area contributed by atoms with Gasteiger partial charge in [-0.2, -0.15) is 0 Å². The molecule has 3 rings (SSSR count). The standard InChI is InChI=1S/C20H18FN3O/c1-13-7-8-15(11-14(13)2)24-20(25)19-10-9-16(12-22-19)23-18-6-4-3-5-17(18)21/h3-12,23H,1-2H3,(H,24,25). The molecule has 2 aromatic carbocycles. The highest BCUT2D eigenvalue weighted by Crippen LogP contribution is 2.19. The largest absolute Gasteiger partial charge is 0.352 e. The lowest BCUT2D eigenvalue weighted by Crippen LogP contribution is -2.13. The fourth-order valence-corrected chi connectivity index (χ4v) is 2.33. The normalized spacial score (nSPS) is 10.4. The van der Waals surface area contributed by atoms with Crippen molar-refractivity contribution in [2.45, 2.75) is 13.8 Å². The number of rotatable bonds is 4. The molecule has 3 aromatic rings. The summed E-state index contributed by atoms with van der Waals surface area (Å²) in [4.78, 5) is 16.4. The highest BCUT2D eigenvalue weighted by molar-refractivity contribution is 6.03. The molecule has 4 nitrogen and oxygen atoms in total. The summed E-state index contributed by atoms with van der Waals surface area (Å²) < 4.78 is 13.6. The number of aromatic nitrogens is 1. The van der Waals surface area contributed by atoms with E-state index in [0.717, 1.165) is 11.3 Å². The molecular weight excluding hydrogens is 317 g/mol. The van der Waals surface area contributed by atoms with Crippen molar-refractivity contribution in [1.29, 1.82) is 0 Å². The molecule has 0 saturated carbocycles. The maximum absolute atomic E-state index is 13.6. The molecule has 0 aliphatic heterocycles. The zero-order valence-corrected chi connectivity index (χ0v) is 14.0. The number of para-hydroxylation sites is 1. The van der Waals surface area contributed by atoms with E-state index in [1.54, 1.807) is 30.3 Å². The number of aryl methyl sites for hydroxylation is 2. The van der Waals surface area contributed by atoms with Crippen LogP contribution in [-0.2, 0) is 0 Å². The minimum Gasteiger partial charge on any atom is -0.352 e. The first kappa shape index (κ1) is 16.6. The van der Waals surface area contributed by atoms with E-state index in [4.69, 9.17) is 0 Å². The maximum Gasteiger partial charge on any atom is 0.274 e. The first-order valence-corrected chi connectivity index (χ1v) is 7.89. The van der Waals surface area contributed by atoms with E-state index < -0.39 is 0 Å². The molecule has 0 radical (unpaired) electrons. The summed E-state index contributed by atoms with van der Waals surface area (Å²) in [6.07, 6.45) is 1.50. The Bertz CT molecular complexity index is 907. The first-order chi connectivity index (χ1) is 12.0. The van der Waals surface area contributed by atoms with Crippen LogP contribution in [-0.4, -0.2) is 10.9 Å². The van der Waals surface area contributed by atoms with E-state index in [1.807, 2.05) is 32.0 Å². The molecular formula is C20H18FN3O. The third-order valence-electron chi connectivity index (χ3n) is 3.91. The van der Waals surface area contributed by atoms with Crippen molar-refractivity contribution in [2.24, 2.45) is 0 Å².